The summed E-state index contributed by atoms with van der Waals surface area (Å²) in [7, 11) is 0. The average Bonchev–Trinajstić information content (AvgIpc) is 3.32. The highest BCUT2D eigenvalue weighted by Gasteiger charge is 2.11. The van der Waals surface area contributed by atoms with Crippen molar-refractivity contribution in [1.82, 2.24) is 19.6 Å². The zero-order chi connectivity index (χ0) is 19.2. The molecule has 2 rings (SSSR count). The van der Waals surface area contributed by atoms with Crippen LogP contribution in [0.5, 0.6) is 0 Å². The minimum Gasteiger partial charge on any atom is -0.359 e. The molecular formula is C23H44N4. The minimum atomic E-state index is 1.11. The maximum absolute atomic E-state index is 2.48. The summed E-state index contributed by atoms with van der Waals surface area (Å²) in [6.45, 7) is 11.7. The molecule has 0 radical (unpaired) electrons. The van der Waals surface area contributed by atoms with Gasteiger partial charge in [0.05, 0.1) is 13.3 Å². The molecule has 0 amide bonds. The smallest absolute Gasteiger partial charge is 0.0893 e. The first-order valence-electron chi connectivity index (χ1n) is 11.6. The van der Waals surface area contributed by atoms with Crippen LogP contribution in [0.15, 0.2) is 24.8 Å². The van der Waals surface area contributed by atoms with Crippen molar-refractivity contribution < 1.29 is 0 Å². The van der Waals surface area contributed by atoms with Gasteiger partial charge in [-0.2, -0.15) is 0 Å². The first kappa shape index (κ1) is 22.0. The van der Waals surface area contributed by atoms with E-state index >= 15 is 0 Å². The van der Waals surface area contributed by atoms with Gasteiger partial charge in [0.2, 0.25) is 0 Å². The predicted octanol–water partition coefficient (Wildman–Crippen LogP) is 5.41. The van der Waals surface area contributed by atoms with Crippen LogP contribution in [0.1, 0.15) is 84.5 Å². The van der Waals surface area contributed by atoms with Gasteiger partial charge in [-0.05, 0) is 25.7 Å². The maximum Gasteiger partial charge on any atom is 0.0893 e. The third-order valence-electron chi connectivity index (χ3n) is 5.69. The molecular weight excluding hydrogens is 332 g/mol. The van der Waals surface area contributed by atoms with E-state index < -0.39 is 0 Å². The average molecular weight is 377 g/mol. The van der Waals surface area contributed by atoms with Gasteiger partial charge in [0, 0.05) is 51.0 Å². The fourth-order valence-corrected chi connectivity index (χ4v) is 3.85. The highest BCUT2D eigenvalue weighted by Crippen LogP contribution is 2.13. The van der Waals surface area contributed by atoms with Crippen LogP contribution in [-0.2, 0) is 0 Å². The second-order valence-corrected chi connectivity index (χ2v) is 8.31. The Bertz CT molecular complexity index is 383. The largest absolute Gasteiger partial charge is 0.359 e. The van der Waals surface area contributed by atoms with Crippen molar-refractivity contribution in [3.05, 3.63) is 24.8 Å². The molecule has 0 N–H and O–H groups in total. The van der Waals surface area contributed by atoms with Crippen molar-refractivity contribution in [3.63, 3.8) is 0 Å². The summed E-state index contributed by atoms with van der Waals surface area (Å²) in [5.41, 5.74) is 0. The summed E-state index contributed by atoms with van der Waals surface area (Å²) >= 11 is 0. The van der Waals surface area contributed by atoms with Crippen LogP contribution >= 0.6 is 0 Å². The molecule has 0 fully saturated rings. The lowest BCUT2D eigenvalue weighted by molar-refractivity contribution is 0.257. The van der Waals surface area contributed by atoms with Crippen molar-refractivity contribution in [2.24, 2.45) is 0 Å². The second-order valence-electron chi connectivity index (χ2n) is 8.31. The molecule has 0 saturated heterocycles. The normalized spacial score (nSPS) is 16.4. The Morgan fingerprint density at radius 1 is 0.444 bits per heavy atom. The molecule has 2 heterocycles. The van der Waals surface area contributed by atoms with Gasteiger partial charge >= 0.3 is 0 Å². The summed E-state index contributed by atoms with van der Waals surface area (Å²) in [5.74, 6) is 0. The van der Waals surface area contributed by atoms with E-state index in [9.17, 15) is 0 Å². The van der Waals surface area contributed by atoms with E-state index in [0.717, 1.165) is 13.3 Å². The van der Waals surface area contributed by atoms with Gasteiger partial charge in [0.25, 0.3) is 0 Å². The molecule has 0 bridgehead atoms. The molecule has 27 heavy (non-hydrogen) atoms. The van der Waals surface area contributed by atoms with Gasteiger partial charge in [-0.3, -0.25) is 0 Å². The maximum atomic E-state index is 2.48. The van der Waals surface area contributed by atoms with Gasteiger partial charge in [-0.15, -0.1) is 0 Å². The van der Waals surface area contributed by atoms with E-state index in [2.05, 4.69) is 58.2 Å². The second kappa shape index (κ2) is 13.8. The van der Waals surface area contributed by atoms with Crippen molar-refractivity contribution in [2.75, 3.05) is 39.5 Å². The third kappa shape index (κ3) is 9.44. The van der Waals surface area contributed by atoms with Crippen molar-refractivity contribution >= 4 is 0 Å². The Morgan fingerprint density at radius 2 is 0.741 bits per heavy atom. The number of hydrogen-bond acceptors (Lipinski definition) is 4. The zero-order valence-electron chi connectivity index (χ0n) is 18.1. The lowest BCUT2D eigenvalue weighted by Gasteiger charge is -2.21. The van der Waals surface area contributed by atoms with E-state index in [1.807, 2.05) is 0 Å². The Morgan fingerprint density at radius 3 is 1.07 bits per heavy atom. The van der Waals surface area contributed by atoms with Gasteiger partial charge in [-0.1, -0.05) is 58.8 Å². The quantitative estimate of drug-likeness (QED) is 0.334. The molecule has 0 atom stereocenters. The van der Waals surface area contributed by atoms with Crippen LogP contribution < -0.4 is 0 Å². The topological polar surface area (TPSA) is 13.0 Å². The minimum absolute atomic E-state index is 1.11. The van der Waals surface area contributed by atoms with E-state index in [-0.39, 0.29) is 0 Å². The number of hydrogen-bond donors (Lipinski definition) is 0. The monoisotopic (exact) mass is 376 g/mol. The van der Waals surface area contributed by atoms with E-state index in [4.69, 9.17) is 0 Å². The van der Waals surface area contributed by atoms with Gasteiger partial charge in [-0.25, -0.2) is 0 Å². The van der Waals surface area contributed by atoms with Crippen LogP contribution in [0.3, 0.4) is 0 Å². The summed E-state index contributed by atoms with van der Waals surface area (Å²) in [4.78, 5) is 9.84. The molecule has 0 aliphatic carbocycles. The highest BCUT2D eigenvalue weighted by molar-refractivity contribution is 4.91. The first-order valence-corrected chi connectivity index (χ1v) is 11.6. The lowest BCUT2D eigenvalue weighted by Crippen LogP contribution is -2.26. The fourth-order valence-electron chi connectivity index (χ4n) is 3.85. The van der Waals surface area contributed by atoms with Crippen LogP contribution in [0.4, 0.5) is 0 Å². The standard InChI is InChI=1S/C23H44N4/c1-3-5-14-24-18-20-26(22-24)16-12-10-8-7-9-11-13-17-27-21-19-25(23-27)15-6-4-2/h18-21H,3-17,22-23H2,1-2H3. The number of unbranched alkanes of at least 4 members (excludes halogenated alkanes) is 8. The Hall–Kier alpha value is -1.32. The van der Waals surface area contributed by atoms with Crippen molar-refractivity contribution in [1.29, 1.82) is 0 Å². The summed E-state index contributed by atoms with van der Waals surface area (Å²) in [6.07, 6.45) is 24.0. The molecule has 156 valence electrons. The number of nitrogens with zero attached hydrogens (tertiary/aromatic N) is 4. The molecule has 4 nitrogen and oxygen atoms in total. The predicted molar refractivity (Wildman–Crippen MR) is 117 cm³/mol. The molecule has 2 aliphatic rings. The van der Waals surface area contributed by atoms with Crippen LogP contribution in [0.2, 0.25) is 0 Å². The Balaban J connectivity index is 1.34. The third-order valence-corrected chi connectivity index (χ3v) is 5.69. The summed E-state index contributed by atoms with van der Waals surface area (Å²) < 4.78 is 0. The molecule has 0 aromatic carbocycles. The Labute approximate surface area is 168 Å². The van der Waals surface area contributed by atoms with Gasteiger partial charge in [0.15, 0.2) is 0 Å². The summed E-state index contributed by atoms with van der Waals surface area (Å²) in [5, 5.41) is 0. The fraction of sp³-hybridized carbons (Fsp3) is 0.826. The molecule has 0 unspecified atom stereocenters. The van der Waals surface area contributed by atoms with Crippen LogP contribution in [-0.4, -0.2) is 59.1 Å². The molecule has 4 heteroatoms. The highest BCUT2D eigenvalue weighted by atomic mass is 15.3. The van der Waals surface area contributed by atoms with Crippen LogP contribution in [0, 0.1) is 0 Å². The van der Waals surface area contributed by atoms with Gasteiger partial charge < -0.3 is 19.6 Å². The molecule has 0 aromatic heterocycles. The SMILES string of the molecule is CCCCN1C=CN(CCCCCCCCCN2C=CN(CCCC)C2)C1. The molecule has 0 spiro atoms. The molecule has 0 aromatic rings. The summed E-state index contributed by atoms with van der Waals surface area (Å²) in [6, 6.07) is 0. The zero-order valence-corrected chi connectivity index (χ0v) is 18.1. The van der Waals surface area contributed by atoms with Gasteiger partial charge in [0.1, 0.15) is 0 Å². The molecule has 2 aliphatic heterocycles. The lowest BCUT2D eigenvalue weighted by atomic mass is 10.1. The Kier molecular flexibility index (Phi) is 11.2. The van der Waals surface area contributed by atoms with E-state index in [1.165, 1.54) is 96.8 Å². The van der Waals surface area contributed by atoms with E-state index in [1.54, 1.807) is 0 Å². The molecule has 0 saturated carbocycles. The van der Waals surface area contributed by atoms with Crippen molar-refractivity contribution in [2.45, 2.75) is 84.5 Å². The first-order chi connectivity index (χ1) is 13.3. The van der Waals surface area contributed by atoms with Crippen LogP contribution in [0.25, 0.3) is 0 Å². The van der Waals surface area contributed by atoms with E-state index in [0.29, 0.717) is 0 Å². The number of rotatable bonds is 16. The van der Waals surface area contributed by atoms with Crippen molar-refractivity contribution in [3.8, 4) is 0 Å².